The van der Waals surface area contributed by atoms with Crippen LogP contribution in [0, 0.1) is 5.92 Å². The topological polar surface area (TPSA) is 12.0 Å². The second-order valence-corrected chi connectivity index (χ2v) is 6.12. The normalized spacial score (nSPS) is 17.6. The number of rotatable bonds is 7. The third-order valence-electron chi connectivity index (χ3n) is 3.39. The lowest BCUT2D eigenvalue weighted by Gasteiger charge is -2.11. The minimum absolute atomic E-state index is 0.532. The SMILES string of the molecule is CCc1ccc(C(C)NCCCC2CC2)s1. The molecule has 0 spiro atoms. The smallest absolute Gasteiger partial charge is 0.0386 e. The first-order valence-electron chi connectivity index (χ1n) is 6.61. The Morgan fingerprint density at radius 3 is 2.88 bits per heavy atom. The summed E-state index contributed by atoms with van der Waals surface area (Å²) in [5.41, 5.74) is 0. The molecule has 1 aromatic heterocycles. The van der Waals surface area contributed by atoms with Gasteiger partial charge in [-0.2, -0.15) is 0 Å². The number of hydrogen-bond acceptors (Lipinski definition) is 2. The summed E-state index contributed by atoms with van der Waals surface area (Å²) in [6.07, 6.45) is 6.92. The Kier molecular flexibility index (Phi) is 4.42. The molecule has 1 nitrogen and oxygen atoms in total. The maximum absolute atomic E-state index is 3.63. The van der Waals surface area contributed by atoms with Crippen molar-refractivity contribution in [1.82, 2.24) is 5.32 Å². The molecule has 1 aliphatic rings. The fourth-order valence-corrected chi connectivity index (χ4v) is 3.01. The van der Waals surface area contributed by atoms with Crippen LogP contribution in [0.5, 0.6) is 0 Å². The Bertz CT molecular complexity index is 314. The molecule has 1 atom stereocenters. The molecular formula is C14H23NS. The van der Waals surface area contributed by atoms with Crippen molar-refractivity contribution in [2.75, 3.05) is 6.54 Å². The van der Waals surface area contributed by atoms with Crippen molar-refractivity contribution in [2.24, 2.45) is 5.92 Å². The van der Waals surface area contributed by atoms with E-state index in [0.717, 1.165) is 5.92 Å². The van der Waals surface area contributed by atoms with E-state index >= 15 is 0 Å². The Morgan fingerprint density at radius 2 is 2.25 bits per heavy atom. The molecule has 1 aliphatic carbocycles. The predicted octanol–water partition coefficient (Wildman–Crippen LogP) is 4.15. The van der Waals surface area contributed by atoms with Gasteiger partial charge in [-0.05, 0) is 50.8 Å². The zero-order chi connectivity index (χ0) is 11.4. The third-order valence-corrected chi connectivity index (χ3v) is 4.81. The third kappa shape index (κ3) is 3.60. The molecule has 2 heteroatoms. The van der Waals surface area contributed by atoms with Gasteiger partial charge < -0.3 is 5.32 Å². The van der Waals surface area contributed by atoms with Gasteiger partial charge in [0.25, 0.3) is 0 Å². The first-order chi connectivity index (χ1) is 7.79. The minimum atomic E-state index is 0.532. The molecule has 1 N–H and O–H groups in total. The van der Waals surface area contributed by atoms with Gasteiger partial charge in [-0.1, -0.05) is 19.8 Å². The fraction of sp³-hybridized carbons (Fsp3) is 0.714. The van der Waals surface area contributed by atoms with E-state index in [1.54, 1.807) is 0 Å². The van der Waals surface area contributed by atoms with Crippen LogP contribution in [0.4, 0.5) is 0 Å². The standard InChI is InChI=1S/C14H23NS/c1-3-13-8-9-14(16-13)11(2)15-10-4-5-12-6-7-12/h8-9,11-12,15H,3-7,10H2,1-2H3. The average molecular weight is 237 g/mol. The van der Waals surface area contributed by atoms with Crippen LogP contribution in [0.3, 0.4) is 0 Å². The van der Waals surface area contributed by atoms with E-state index in [9.17, 15) is 0 Å². The van der Waals surface area contributed by atoms with Crippen LogP contribution in [0.1, 0.15) is 55.3 Å². The highest BCUT2D eigenvalue weighted by Crippen LogP contribution is 2.33. The first-order valence-corrected chi connectivity index (χ1v) is 7.43. The summed E-state index contributed by atoms with van der Waals surface area (Å²) in [7, 11) is 0. The molecule has 16 heavy (non-hydrogen) atoms. The molecule has 0 aliphatic heterocycles. The molecule has 2 rings (SSSR count). The molecule has 0 aromatic carbocycles. The minimum Gasteiger partial charge on any atom is -0.309 e. The van der Waals surface area contributed by atoms with Crippen LogP contribution >= 0.6 is 11.3 Å². The summed E-state index contributed by atoms with van der Waals surface area (Å²) >= 11 is 1.96. The number of aryl methyl sites for hydroxylation is 1. The van der Waals surface area contributed by atoms with Gasteiger partial charge in [0.2, 0.25) is 0 Å². The summed E-state index contributed by atoms with van der Waals surface area (Å²) in [6.45, 7) is 5.68. The molecule has 0 bridgehead atoms. The highest BCUT2D eigenvalue weighted by Gasteiger charge is 2.20. The Labute approximate surface area is 103 Å². The van der Waals surface area contributed by atoms with E-state index in [-0.39, 0.29) is 0 Å². The monoisotopic (exact) mass is 237 g/mol. The second kappa shape index (κ2) is 5.83. The molecule has 1 aromatic rings. The number of hydrogen-bond donors (Lipinski definition) is 1. The van der Waals surface area contributed by atoms with Crippen LogP contribution < -0.4 is 5.32 Å². The lowest BCUT2D eigenvalue weighted by Crippen LogP contribution is -2.19. The molecular weight excluding hydrogens is 214 g/mol. The maximum atomic E-state index is 3.63. The van der Waals surface area contributed by atoms with Crippen molar-refractivity contribution in [3.05, 3.63) is 21.9 Å². The van der Waals surface area contributed by atoms with Gasteiger partial charge >= 0.3 is 0 Å². The Balaban J connectivity index is 1.67. The lowest BCUT2D eigenvalue weighted by molar-refractivity contribution is 0.538. The van der Waals surface area contributed by atoms with Crippen molar-refractivity contribution in [1.29, 1.82) is 0 Å². The molecule has 1 saturated carbocycles. The Hall–Kier alpha value is -0.340. The van der Waals surface area contributed by atoms with Crippen molar-refractivity contribution in [2.45, 2.75) is 52.0 Å². The van der Waals surface area contributed by atoms with Gasteiger partial charge in [-0.3, -0.25) is 0 Å². The quantitative estimate of drug-likeness (QED) is 0.702. The molecule has 0 amide bonds. The second-order valence-electron chi connectivity index (χ2n) is 4.92. The van der Waals surface area contributed by atoms with E-state index in [0.29, 0.717) is 6.04 Å². The predicted molar refractivity (Wildman–Crippen MR) is 72.1 cm³/mol. The molecule has 90 valence electrons. The van der Waals surface area contributed by atoms with Crippen molar-refractivity contribution >= 4 is 11.3 Å². The highest BCUT2D eigenvalue weighted by molar-refractivity contribution is 7.12. The van der Waals surface area contributed by atoms with Gasteiger partial charge in [0.1, 0.15) is 0 Å². The van der Waals surface area contributed by atoms with Gasteiger partial charge in [0, 0.05) is 15.8 Å². The van der Waals surface area contributed by atoms with E-state index in [1.807, 2.05) is 11.3 Å². The van der Waals surface area contributed by atoms with Crippen LogP contribution in [0.15, 0.2) is 12.1 Å². The summed E-state index contributed by atoms with van der Waals surface area (Å²) in [6, 6.07) is 5.08. The van der Waals surface area contributed by atoms with Gasteiger partial charge in [-0.25, -0.2) is 0 Å². The van der Waals surface area contributed by atoms with Crippen LogP contribution in [0.25, 0.3) is 0 Å². The first kappa shape index (κ1) is 12.1. The fourth-order valence-electron chi connectivity index (χ4n) is 2.03. The summed E-state index contributed by atoms with van der Waals surface area (Å²) in [5.74, 6) is 1.07. The Morgan fingerprint density at radius 1 is 1.44 bits per heavy atom. The van der Waals surface area contributed by atoms with Crippen LogP contribution in [-0.2, 0) is 6.42 Å². The van der Waals surface area contributed by atoms with E-state index in [2.05, 4.69) is 31.3 Å². The zero-order valence-corrected chi connectivity index (χ0v) is 11.3. The molecule has 0 saturated heterocycles. The van der Waals surface area contributed by atoms with Crippen LogP contribution in [0.2, 0.25) is 0 Å². The molecule has 1 fully saturated rings. The lowest BCUT2D eigenvalue weighted by atomic mass is 10.2. The summed E-state index contributed by atoms with van der Waals surface area (Å²) in [4.78, 5) is 2.99. The zero-order valence-electron chi connectivity index (χ0n) is 10.5. The average Bonchev–Trinajstić information content (AvgIpc) is 2.99. The van der Waals surface area contributed by atoms with Gasteiger partial charge in [0.15, 0.2) is 0 Å². The molecule has 0 radical (unpaired) electrons. The molecule has 1 unspecified atom stereocenters. The summed E-state index contributed by atoms with van der Waals surface area (Å²) in [5, 5.41) is 3.63. The van der Waals surface area contributed by atoms with E-state index in [1.165, 1.54) is 48.4 Å². The number of thiophene rings is 1. The van der Waals surface area contributed by atoms with Crippen molar-refractivity contribution < 1.29 is 0 Å². The van der Waals surface area contributed by atoms with Crippen LogP contribution in [-0.4, -0.2) is 6.54 Å². The van der Waals surface area contributed by atoms with E-state index < -0.39 is 0 Å². The number of nitrogens with one attached hydrogen (secondary N) is 1. The largest absolute Gasteiger partial charge is 0.309 e. The van der Waals surface area contributed by atoms with E-state index in [4.69, 9.17) is 0 Å². The molecule has 1 heterocycles. The van der Waals surface area contributed by atoms with Crippen molar-refractivity contribution in [3.63, 3.8) is 0 Å². The summed E-state index contributed by atoms with van der Waals surface area (Å²) < 4.78 is 0. The van der Waals surface area contributed by atoms with Gasteiger partial charge in [0.05, 0.1) is 0 Å². The highest BCUT2D eigenvalue weighted by atomic mass is 32.1. The van der Waals surface area contributed by atoms with Crippen molar-refractivity contribution in [3.8, 4) is 0 Å². The van der Waals surface area contributed by atoms with Gasteiger partial charge in [-0.15, -0.1) is 11.3 Å². The maximum Gasteiger partial charge on any atom is 0.0386 e.